The number of thioether (sulfide) groups is 1. The molecule has 20 heavy (non-hydrogen) atoms. The van der Waals surface area contributed by atoms with E-state index in [1.807, 2.05) is 38.1 Å². The predicted molar refractivity (Wildman–Crippen MR) is 86.1 cm³/mol. The number of aryl methyl sites for hydroxylation is 1. The first-order valence-electron chi connectivity index (χ1n) is 6.24. The predicted octanol–water partition coefficient (Wildman–Crippen LogP) is 3.78. The van der Waals surface area contributed by atoms with Gasteiger partial charge in [0.1, 0.15) is 5.56 Å². The van der Waals surface area contributed by atoms with Gasteiger partial charge in [0, 0.05) is 5.69 Å². The number of hydrogen-bond acceptors (Lipinski definition) is 4. The lowest BCUT2D eigenvalue weighted by Gasteiger charge is -2.08. The summed E-state index contributed by atoms with van der Waals surface area (Å²) in [4.78, 5) is 24.2. The maximum Gasteiger partial charge on any atom is 0.261 e. The van der Waals surface area contributed by atoms with Crippen molar-refractivity contribution in [3.8, 4) is 0 Å². The quantitative estimate of drug-likeness (QED) is 0.874. The zero-order valence-corrected chi connectivity index (χ0v) is 12.9. The first-order valence-corrected chi connectivity index (χ1v) is 8.11. The highest BCUT2D eigenvalue weighted by Crippen LogP contribution is 2.25. The third-order valence-electron chi connectivity index (χ3n) is 2.66. The molecule has 2 aromatic rings. The van der Waals surface area contributed by atoms with Gasteiger partial charge in [-0.2, -0.15) is 0 Å². The molecule has 0 aliphatic heterocycles. The SMILES string of the molecule is CCSc1sccc(=O)c1C(=O)Nc1ccc(C)cc1. The summed E-state index contributed by atoms with van der Waals surface area (Å²) in [5.41, 5.74) is 1.83. The molecule has 5 heteroatoms. The maximum absolute atomic E-state index is 12.3. The van der Waals surface area contributed by atoms with Crippen LogP contribution in [0.2, 0.25) is 0 Å². The lowest BCUT2D eigenvalue weighted by atomic mass is 10.2. The van der Waals surface area contributed by atoms with Gasteiger partial charge in [-0.25, -0.2) is 0 Å². The summed E-state index contributed by atoms with van der Waals surface area (Å²) in [7, 11) is 0. The zero-order chi connectivity index (χ0) is 14.5. The smallest absolute Gasteiger partial charge is 0.261 e. The summed E-state index contributed by atoms with van der Waals surface area (Å²) in [6, 6.07) is 8.94. The lowest BCUT2D eigenvalue weighted by Crippen LogP contribution is -2.21. The van der Waals surface area contributed by atoms with E-state index in [1.54, 1.807) is 5.38 Å². The minimum atomic E-state index is -0.341. The Morgan fingerprint density at radius 1 is 1.25 bits per heavy atom. The van der Waals surface area contributed by atoms with Crippen molar-refractivity contribution in [3.63, 3.8) is 0 Å². The molecule has 1 aromatic carbocycles. The molecule has 0 unspecified atom stereocenters. The second-order valence-corrected chi connectivity index (χ2v) is 6.65. The van der Waals surface area contributed by atoms with Gasteiger partial charge in [0.05, 0.1) is 4.21 Å². The van der Waals surface area contributed by atoms with Crippen molar-refractivity contribution >= 4 is 34.7 Å². The molecule has 2 rings (SSSR count). The number of nitrogens with one attached hydrogen (secondary N) is 1. The number of amides is 1. The Balaban J connectivity index is 2.29. The summed E-state index contributed by atoms with van der Waals surface area (Å²) < 4.78 is 0.768. The average Bonchev–Trinajstić information content (AvgIpc) is 2.42. The van der Waals surface area contributed by atoms with Gasteiger partial charge < -0.3 is 5.32 Å². The normalized spacial score (nSPS) is 10.3. The van der Waals surface area contributed by atoms with Gasteiger partial charge in [-0.1, -0.05) is 24.6 Å². The van der Waals surface area contributed by atoms with E-state index < -0.39 is 0 Å². The van der Waals surface area contributed by atoms with Crippen LogP contribution >= 0.6 is 23.1 Å². The average molecular weight is 305 g/mol. The Bertz CT molecular complexity index is 662. The maximum atomic E-state index is 12.3. The molecule has 1 aromatic heterocycles. The van der Waals surface area contributed by atoms with Crippen molar-refractivity contribution in [1.29, 1.82) is 0 Å². The van der Waals surface area contributed by atoms with Crippen LogP contribution in [0.5, 0.6) is 0 Å². The standard InChI is InChI=1S/C15H15NO2S2/c1-3-19-15-13(12(17)8-9-20-15)14(18)16-11-6-4-10(2)5-7-11/h4-9H,3H2,1-2H3,(H,16,18). The Hall–Kier alpha value is -1.59. The fourth-order valence-electron chi connectivity index (χ4n) is 1.67. The monoisotopic (exact) mass is 305 g/mol. The van der Waals surface area contributed by atoms with E-state index >= 15 is 0 Å². The second-order valence-electron chi connectivity index (χ2n) is 4.20. The van der Waals surface area contributed by atoms with Gasteiger partial charge in [-0.15, -0.1) is 23.1 Å². The highest BCUT2D eigenvalue weighted by atomic mass is 32.2. The molecule has 3 nitrogen and oxygen atoms in total. The summed E-state index contributed by atoms with van der Waals surface area (Å²) in [5.74, 6) is 0.483. The van der Waals surface area contributed by atoms with Crippen LogP contribution in [-0.2, 0) is 0 Å². The van der Waals surface area contributed by atoms with E-state index in [-0.39, 0.29) is 16.9 Å². The molecule has 0 saturated carbocycles. The molecule has 1 amide bonds. The minimum absolute atomic E-state index is 0.232. The van der Waals surface area contributed by atoms with Crippen molar-refractivity contribution in [2.75, 3.05) is 11.1 Å². The molecule has 0 spiro atoms. The first-order chi connectivity index (χ1) is 9.61. The van der Waals surface area contributed by atoms with Crippen LogP contribution in [0.1, 0.15) is 22.8 Å². The second kappa shape index (κ2) is 6.72. The van der Waals surface area contributed by atoms with Crippen LogP contribution < -0.4 is 10.7 Å². The van der Waals surface area contributed by atoms with Crippen molar-refractivity contribution in [2.45, 2.75) is 18.1 Å². The molecule has 1 heterocycles. The number of anilines is 1. The van der Waals surface area contributed by atoms with Crippen LogP contribution in [0.3, 0.4) is 0 Å². The van der Waals surface area contributed by atoms with Crippen molar-refractivity contribution in [2.24, 2.45) is 0 Å². The van der Waals surface area contributed by atoms with Crippen LogP contribution in [-0.4, -0.2) is 11.7 Å². The third kappa shape index (κ3) is 3.49. The van der Waals surface area contributed by atoms with Crippen molar-refractivity contribution in [1.82, 2.24) is 0 Å². The molecule has 0 atom stereocenters. The van der Waals surface area contributed by atoms with Gasteiger partial charge in [-0.05, 0) is 36.3 Å². The Morgan fingerprint density at radius 3 is 2.60 bits per heavy atom. The fraction of sp³-hybridized carbons (Fsp3) is 0.200. The van der Waals surface area contributed by atoms with Crippen molar-refractivity contribution in [3.05, 3.63) is 57.1 Å². The lowest BCUT2D eigenvalue weighted by molar-refractivity contribution is 0.102. The number of hydrogen-bond donors (Lipinski definition) is 1. The zero-order valence-electron chi connectivity index (χ0n) is 11.3. The number of carbonyl (C=O) groups is 1. The third-order valence-corrected chi connectivity index (χ3v) is 4.74. The van der Waals surface area contributed by atoms with Gasteiger partial charge in [0.15, 0.2) is 5.43 Å². The number of carbonyl (C=O) groups excluding carboxylic acids is 1. The molecule has 0 aliphatic carbocycles. The van der Waals surface area contributed by atoms with Crippen LogP contribution in [0.15, 0.2) is 44.7 Å². The molecular formula is C15H15NO2S2. The molecule has 104 valence electrons. The molecule has 0 saturated heterocycles. The summed E-state index contributed by atoms with van der Waals surface area (Å²) in [5, 5.41) is 4.50. The Morgan fingerprint density at radius 2 is 1.95 bits per heavy atom. The van der Waals surface area contributed by atoms with E-state index in [4.69, 9.17) is 0 Å². The molecule has 0 bridgehead atoms. The van der Waals surface area contributed by atoms with Gasteiger partial charge >= 0.3 is 0 Å². The van der Waals surface area contributed by atoms with Crippen LogP contribution in [0, 0.1) is 6.92 Å². The molecular weight excluding hydrogens is 290 g/mol. The Kier molecular flexibility index (Phi) is 4.98. The first kappa shape index (κ1) is 14.8. The van der Waals surface area contributed by atoms with E-state index in [9.17, 15) is 9.59 Å². The summed E-state index contributed by atoms with van der Waals surface area (Å²) >= 11 is 2.94. The highest BCUT2D eigenvalue weighted by molar-refractivity contribution is 8.01. The minimum Gasteiger partial charge on any atom is -0.322 e. The van der Waals surface area contributed by atoms with Gasteiger partial charge in [0.2, 0.25) is 0 Å². The number of benzene rings is 1. The Labute approximate surface area is 126 Å². The largest absolute Gasteiger partial charge is 0.322 e. The highest BCUT2D eigenvalue weighted by Gasteiger charge is 2.16. The summed E-state index contributed by atoms with van der Waals surface area (Å²) in [6.45, 7) is 3.98. The van der Waals surface area contributed by atoms with Gasteiger partial charge in [-0.3, -0.25) is 9.59 Å². The van der Waals surface area contributed by atoms with E-state index in [0.717, 1.165) is 15.5 Å². The van der Waals surface area contributed by atoms with Crippen LogP contribution in [0.4, 0.5) is 5.69 Å². The van der Waals surface area contributed by atoms with E-state index in [1.165, 1.54) is 29.2 Å². The van der Waals surface area contributed by atoms with Crippen molar-refractivity contribution < 1.29 is 4.79 Å². The molecule has 0 fully saturated rings. The summed E-state index contributed by atoms with van der Waals surface area (Å²) in [6.07, 6.45) is 0. The topological polar surface area (TPSA) is 46.2 Å². The van der Waals surface area contributed by atoms with E-state index in [0.29, 0.717) is 5.69 Å². The molecule has 0 aliphatic rings. The van der Waals surface area contributed by atoms with Gasteiger partial charge in [0.25, 0.3) is 5.91 Å². The molecule has 1 N–H and O–H groups in total. The van der Waals surface area contributed by atoms with Crippen LogP contribution in [0.25, 0.3) is 0 Å². The fourth-order valence-corrected chi connectivity index (χ4v) is 3.69. The van der Waals surface area contributed by atoms with E-state index in [2.05, 4.69) is 5.32 Å². The number of rotatable bonds is 4. The molecule has 0 radical (unpaired) electrons.